The van der Waals surface area contributed by atoms with E-state index in [9.17, 15) is 5.11 Å². The molecular weight excluding hydrogens is 280 g/mol. The van der Waals surface area contributed by atoms with E-state index >= 15 is 0 Å². The predicted octanol–water partition coefficient (Wildman–Crippen LogP) is 3.99. The zero-order chi connectivity index (χ0) is 15.0. The Morgan fingerprint density at radius 3 is 2.90 bits per heavy atom. The fourth-order valence-electron chi connectivity index (χ4n) is 2.93. The van der Waals surface area contributed by atoms with Crippen molar-refractivity contribution in [2.45, 2.75) is 57.5 Å². The molecule has 0 fully saturated rings. The SMILES string of the molecule is CC(C)(C)c1nc(C(O)C2CCCc3cccnc32)cs1. The Labute approximate surface area is 130 Å². The number of fused-ring (bicyclic) bond motifs is 1. The van der Waals surface area contributed by atoms with E-state index in [0.717, 1.165) is 35.7 Å². The van der Waals surface area contributed by atoms with Crippen LogP contribution in [0.1, 0.15) is 67.6 Å². The van der Waals surface area contributed by atoms with Crippen LogP contribution in [0.5, 0.6) is 0 Å². The van der Waals surface area contributed by atoms with E-state index in [1.807, 2.05) is 17.6 Å². The highest BCUT2D eigenvalue weighted by atomic mass is 32.1. The fraction of sp³-hybridized carbons (Fsp3) is 0.529. The minimum absolute atomic E-state index is 0.0331. The largest absolute Gasteiger partial charge is 0.386 e. The first-order chi connectivity index (χ1) is 9.97. The van der Waals surface area contributed by atoms with Crippen LogP contribution < -0.4 is 0 Å². The van der Waals surface area contributed by atoms with Crippen molar-refractivity contribution in [2.24, 2.45) is 0 Å². The summed E-state index contributed by atoms with van der Waals surface area (Å²) in [5, 5.41) is 13.9. The quantitative estimate of drug-likeness (QED) is 0.912. The summed E-state index contributed by atoms with van der Waals surface area (Å²) in [7, 11) is 0. The lowest BCUT2D eigenvalue weighted by Gasteiger charge is -2.27. The summed E-state index contributed by atoms with van der Waals surface area (Å²) in [6, 6.07) is 4.11. The van der Waals surface area contributed by atoms with E-state index in [1.165, 1.54) is 5.56 Å². The van der Waals surface area contributed by atoms with Gasteiger partial charge in [-0.1, -0.05) is 26.8 Å². The van der Waals surface area contributed by atoms with Gasteiger partial charge < -0.3 is 5.11 Å². The van der Waals surface area contributed by atoms with Crippen molar-refractivity contribution in [1.29, 1.82) is 0 Å². The van der Waals surface area contributed by atoms with E-state index in [2.05, 4.69) is 36.8 Å². The van der Waals surface area contributed by atoms with Gasteiger partial charge in [0.25, 0.3) is 0 Å². The number of hydrogen-bond acceptors (Lipinski definition) is 4. The van der Waals surface area contributed by atoms with Gasteiger partial charge in [0.05, 0.1) is 10.7 Å². The molecule has 2 unspecified atom stereocenters. The zero-order valence-corrected chi connectivity index (χ0v) is 13.7. The maximum absolute atomic E-state index is 10.8. The van der Waals surface area contributed by atoms with Gasteiger partial charge in [-0.2, -0.15) is 0 Å². The Kier molecular flexibility index (Phi) is 3.84. The van der Waals surface area contributed by atoms with Crippen molar-refractivity contribution in [1.82, 2.24) is 9.97 Å². The second kappa shape index (κ2) is 5.50. The van der Waals surface area contributed by atoms with Crippen LogP contribution in [0.2, 0.25) is 0 Å². The van der Waals surface area contributed by atoms with Crippen LogP contribution in [0.25, 0.3) is 0 Å². The third-order valence-corrected chi connectivity index (χ3v) is 5.37. The number of hydrogen-bond donors (Lipinski definition) is 1. The van der Waals surface area contributed by atoms with Crippen molar-refractivity contribution in [3.8, 4) is 0 Å². The highest BCUT2D eigenvalue weighted by molar-refractivity contribution is 7.09. The molecule has 1 aliphatic rings. The van der Waals surface area contributed by atoms with Crippen LogP contribution in [-0.4, -0.2) is 15.1 Å². The zero-order valence-electron chi connectivity index (χ0n) is 12.8. The van der Waals surface area contributed by atoms with E-state index in [4.69, 9.17) is 0 Å². The van der Waals surface area contributed by atoms with Gasteiger partial charge in [0, 0.05) is 28.6 Å². The van der Waals surface area contributed by atoms with E-state index in [0.29, 0.717) is 0 Å². The Hall–Kier alpha value is -1.26. The Morgan fingerprint density at radius 2 is 2.19 bits per heavy atom. The van der Waals surface area contributed by atoms with Crippen molar-refractivity contribution in [3.05, 3.63) is 45.7 Å². The lowest BCUT2D eigenvalue weighted by Crippen LogP contribution is -2.19. The van der Waals surface area contributed by atoms with Gasteiger partial charge in [-0.25, -0.2) is 4.98 Å². The first-order valence-electron chi connectivity index (χ1n) is 7.54. The summed E-state index contributed by atoms with van der Waals surface area (Å²) in [4.78, 5) is 9.19. The minimum atomic E-state index is -0.550. The first-order valence-corrected chi connectivity index (χ1v) is 8.42. The summed E-state index contributed by atoms with van der Waals surface area (Å²) >= 11 is 1.64. The monoisotopic (exact) mass is 302 g/mol. The number of rotatable bonds is 2. The molecule has 3 nitrogen and oxygen atoms in total. The van der Waals surface area contributed by atoms with Crippen LogP contribution >= 0.6 is 11.3 Å². The molecule has 0 saturated carbocycles. The van der Waals surface area contributed by atoms with Crippen molar-refractivity contribution < 1.29 is 5.11 Å². The molecular formula is C17H22N2OS. The highest BCUT2D eigenvalue weighted by Gasteiger charge is 2.31. The summed E-state index contributed by atoms with van der Waals surface area (Å²) in [5.74, 6) is 0.0740. The number of aromatic nitrogens is 2. The van der Waals surface area contributed by atoms with Gasteiger partial charge in [0.2, 0.25) is 0 Å². The average molecular weight is 302 g/mol. The van der Waals surface area contributed by atoms with Gasteiger partial charge in [0.1, 0.15) is 6.10 Å². The van der Waals surface area contributed by atoms with Crippen LogP contribution in [-0.2, 0) is 11.8 Å². The van der Waals surface area contributed by atoms with Crippen LogP contribution in [0.3, 0.4) is 0 Å². The highest BCUT2D eigenvalue weighted by Crippen LogP contribution is 2.40. The van der Waals surface area contributed by atoms with Gasteiger partial charge in [-0.15, -0.1) is 11.3 Å². The molecule has 0 amide bonds. The van der Waals surface area contributed by atoms with Crippen LogP contribution in [0.4, 0.5) is 0 Å². The van der Waals surface area contributed by atoms with Gasteiger partial charge in [-0.05, 0) is 30.9 Å². The number of aliphatic hydroxyl groups excluding tert-OH is 1. The number of thiazole rings is 1. The molecule has 3 rings (SSSR count). The fourth-order valence-corrected chi connectivity index (χ4v) is 3.86. The normalized spacial score (nSPS) is 20.1. The summed E-state index contributed by atoms with van der Waals surface area (Å²) in [6.07, 6.45) is 4.43. The average Bonchev–Trinajstić information content (AvgIpc) is 2.96. The van der Waals surface area contributed by atoms with Gasteiger partial charge >= 0.3 is 0 Å². The van der Waals surface area contributed by atoms with Crippen molar-refractivity contribution >= 4 is 11.3 Å². The first kappa shape index (κ1) is 14.7. The third kappa shape index (κ3) is 2.87. The van der Waals surface area contributed by atoms with E-state index in [-0.39, 0.29) is 11.3 Å². The molecule has 0 spiro atoms. The van der Waals surface area contributed by atoms with Crippen molar-refractivity contribution in [2.75, 3.05) is 0 Å². The molecule has 0 aromatic carbocycles. The van der Waals surface area contributed by atoms with Gasteiger partial charge in [-0.3, -0.25) is 4.98 Å². The minimum Gasteiger partial charge on any atom is -0.386 e. The lowest BCUT2D eigenvalue weighted by atomic mass is 9.82. The molecule has 112 valence electrons. The van der Waals surface area contributed by atoms with E-state index < -0.39 is 6.10 Å². The molecule has 2 aromatic rings. The second-order valence-electron chi connectivity index (χ2n) is 6.82. The number of aryl methyl sites for hydroxylation is 1. The molecule has 0 aliphatic heterocycles. The number of nitrogens with zero attached hydrogens (tertiary/aromatic N) is 2. The maximum Gasteiger partial charge on any atom is 0.105 e. The molecule has 0 saturated heterocycles. The van der Waals surface area contributed by atoms with E-state index in [1.54, 1.807) is 11.3 Å². The second-order valence-corrected chi connectivity index (χ2v) is 7.68. The molecule has 1 N–H and O–H groups in total. The summed E-state index contributed by atoms with van der Waals surface area (Å²) in [5.41, 5.74) is 3.17. The van der Waals surface area contributed by atoms with Crippen LogP contribution in [0.15, 0.2) is 23.7 Å². The van der Waals surface area contributed by atoms with Crippen LogP contribution in [0, 0.1) is 0 Å². The topological polar surface area (TPSA) is 46.0 Å². The molecule has 2 aromatic heterocycles. The smallest absolute Gasteiger partial charge is 0.105 e. The standard InChI is InChI=1S/C17H22N2OS/c1-17(2,3)16-19-13(10-21-16)15(20)12-8-4-6-11-7-5-9-18-14(11)12/h5,7,9-10,12,15,20H,4,6,8H2,1-3H3. The predicted molar refractivity (Wildman–Crippen MR) is 85.7 cm³/mol. The summed E-state index contributed by atoms with van der Waals surface area (Å²) < 4.78 is 0. The molecule has 1 aliphatic carbocycles. The molecule has 2 atom stereocenters. The Bertz CT molecular complexity index is 630. The molecule has 0 radical (unpaired) electrons. The molecule has 2 heterocycles. The Balaban J connectivity index is 1.89. The number of aliphatic hydroxyl groups is 1. The number of pyridine rings is 1. The molecule has 4 heteroatoms. The van der Waals surface area contributed by atoms with Gasteiger partial charge in [0.15, 0.2) is 0 Å². The lowest BCUT2D eigenvalue weighted by molar-refractivity contribution is 0.130. The molecule has 0 bridgehead atoms. The Morgan fingerprint density at radius 1 is 1.38 bits per heavy atom. The maximum atomic E-state index is 10.8. The van der Waals surface area contributed by atoms with Crippen molar-refractivity contribution in [3.63, 3.8) is 0 Å². The third-order valence-electron chi connectivity index (χ3n) is 4.09. The summed E-state index contributed by atoms with van der Waals surface area (Å²) in [6.45, 7) is 6.46. The molecule has 21 heavy (non-hydrogen) atoms.